The summed E-state index contributed by atoms with van der Waals surface area (Å²) in [6.07, 6.45) is 8.70. The standard InChI is InChI=1S/C27H48N2O6/c1-2-3-8-29-21(16-30)23(31)25(33)24(32)22(29)26(34)28-7-5-4-6-9-35-17-27-13-18-10-19(14-27)12-20(11-18)15-27/h18-25,30-33H,2-17H2,1H3,(H,28,34)/t18?,19?,20?,21-,22+,23+,24-,25-,27?/m0/s1. The topological polar surface area (TPSA) is 122 Å². The highest BCUT2D eigenvalue weighted by Crippen LogP contribution is 2.60. The van der Waals surface area contributed by atoms with Gasteiger partial charge in [-0.2, -0.15) is 0 Å². The van der Waals surface area contributed by atoms with Crippen LogP contribution in [-0.4, -0.2) is 94.5 Å². The van der Waals surface area contributed by atoms with Crippen LogP contribution in [0.2, 0.25) is 0 Å². The van der Waals surface area contributed by atoms with Crippen molar-refractivity contribution in [2.75, 3.05) is 32.9 Å². The second-order valence-corrected chi connectivity index (χ2v) is 12.1. The van der Waals surface area contributed by atoms with Crippen molar-refractivity contribution < 1.29 is 30.0 Å². The number of nitrogens with one attached hydrogen (secondary N) is 1. The van der Waals surface area contributed by atoms with Crippen LogP contribution in [0.1, 0.15) is 77.6 Å². The minimum absolute atomic E-state index is 0.365. The summed E-state index contributed by atoms with van der Waals surface area (Å²) in [6.45, 7) is 4.26. The van der Waals surface area contributed by atoms with Crippen molar-refractivity contribution in [1.82, 2.24) is 10.2 Å². The number of piperidine rings is 1. The predicted molar refractivity (Wildman–Crippen MR) is 133 cm³/mol. The van der Waals surface area contributed by atoms with Gasteiger partial charge in [-0.3, -0.25) is 9.69 Å². The van der Waals surface area contributed by atoms with Crippen LogP contribution >= 0.6 is 0 Å². The lowest BCUT2D eigenvalue weighted by molar-refractivity contribution is -0.178. The lowest BCUT2D eigenvalue weighted by Crippen LogP contribution is -2.70. The van der Waals surface area contributed by atoms with E-state index in [4.69, 9.17) is 4.74 Å². The smallest absolute Gasteiger partial charge is 0.240 e. The molecule has 8 nitrogen and oxygen atoms in total. The number of aliphatic hydroxyl groups excluding tert-OH is 4. The monoisotopic (exact) mass is 496 g/mol. The Balaban J connectivity index is 1.14. The van der Waals surface area contributed by atoms with E-state index < -0.39 is 30.4 Å². The molecule has 0 aromatic heterocycles. The van der Waals surface area contributed by atoms with Gasteiger partial charge in [-0.15, -0.1) is 0 Å². The lowest BCUT2D eigenvalue weighted by atomic mass is 9.50. The Morgan fingerprint density at radius 1 is 0.943 bits per heavy atom. The third kappa shape index (κ3) is 6.21. The number of hydrogen-bond donors (Lipinski definition) is 5. The van der Waals surface area contributed by atoms with E-state index in [2.05, 4.69) is 5.32 Å². The summed E-state index contributed by atoms with van der Waals surface area (Å²) in [5.74, 6) is 2.49. The van der Waals surface area contributed by atoms with Crippen LogP contribution in [-0.2, 0) is 9.53 Å². The van der Waals surface area contributed by atoms with E-state index in [0.29, 0.717) is 18.5 Å². The van der Waals surface area contributed by atoms with E-state index in [1.54, 1.807) is 4.90 Å². The molecule has 5 fully saturated rings. The number of aliphatic hydroxyl groups is 4. The lowest BCUT2D eigenvalue weighted by Gasteiger charge is -2.56. The highest BCUT2D eigenvalue weighted by molar-refractivity contribution is 5.82. The summed E-state index contributed by atoms with van der Waals surface area (Å²) in [4.78, 5) is 14.6. The molecule has 0 spiro atoms. The third-order valence-electron chi connectivity index (χ3n) is 9.26. The summed E-state index contributed by atoms with van der Waals surface area (Å²) in [5.41, 5.74) is 0.456. The van der Waals surface area contributed by atoms with Crippen LogP contribution in [0.4, 0.5) is 0 Å². The van der Waals surface area contributed by atoms with Gasteiger partial charge in [-0.1, -0.05) is 13.3 Å². The van der Waals surface area contributed by atoms with Crippen LogP contribution < -0.4 is 5.32 Å². The summed E-state index contributed by atoms with van der Waals surface area (Å²) >= 11 is 0. The molecule has 1 aliphatic heterocycles. The van der Waals surface area contributed by atoms with Crippen LogP contribution in [0.5, 0.6) is 0 Å². The van der Waals surface area contributed by atoms with Crippen molar-refractivity contribution in [1.29, 1.82) is 0 Å². The number of carbonyl (C=O) groups is 1. The van der Waals surface area contributed by atoms with Gasteiger partial charge in [0.15, 0.2) is 0 Å². The van der Waals surface area contributed by atoms with Crippen molar-refractivity contribution in [2.45, 2.75) is 108 Å². The summed E-state index contributed by atoms with van der Waals surface area (Å²) < 4.78 is 6.15. The van der Waals surface area contributed by atoms with E-state index in [9.17, 15) is 25.2 Å². The SMILES string of the molecule is CCCCN1[C@@H](CO)[C@@H](O)[C@H](O)[C@@H](O)[C@@H]1C(=O)NCCCCCOCC12CC3CC(CC(C3)C1)C2. The molecular weight excluding hydrogens is 448 g/mol. The van der Waals surface area contributed by atoms with E-state index in [1.807, 2.05) is 6.92 Å². The quantitative estimate of drug-likeness (QED) is 0.245. The average Bonchev–Trinajstić information content (AvgIpc) is 2.82. The van der Waals surface area contributed by atoms with E-state index in [1.165, 1.54) is 38.5 Å². The first-order chi connectivity index (χ1) is 16.9. The fourth-order valence-corrected chi connectivity index (χ4v) is 7.96. The number of hydrogen-bond acceptors (Lipinski definition) is 7. The number of rotatable bonds is 13. The Morgan fingerprint density at radius 3 is 2.20 bits per heavy atom. The number of nitrogens with zero attached hydrogens (tertiary/aromatic N) is 1. The van der Waals surface area contributed by atoms with Crippen molar-refractivity contribution in [3.05, 3.63) is 0 Å². The normalized spacial score (nSPS) is 40.8. The molecule has 0 aromatic carbocycles. The minimum Gasteiger partial charge on any atom is -0.395 e. The number of ether oxygens (including phenoxy) is 1. The second-order valence-electron chi connectivity index (χ2n) is 12.1. The van der Waals surface area contributed by atoms with Crippen molar-refractivity contribution in [3.63, 3.8) is 0 Å². The Bertz CT molecular complexity index is 655. The van der Waals surface area contributed by atoms with Gasteiger partial charge in [-0.25, -0.2) is 0 Å². The predicted octanol–water partition coefficient (Wildman–Crippen LogP) is 1.43. The molecule has 0 unspecified atom stereocenters. The molecule has 0 radical (unpaired) electrons. The van der Waals surface area contributed by atoms with Crippen molar-refractivity contribution in [2.24, 2.45) is 23.2 Å². The minimum atomic E-state index is -1.47. The van der Waals surface area contributed by atoms with E-state index in [-0.39, 0.29) is 12.5 Å². The first kappa shape index (κ1) is 27.3. The van der Waals surface area contributed by atoms with E-state index in [0.717, 1.165) is 63.1 Å². The summed E-state index contributed by atoms with van der Waals surface area (Å²) in [7, 11) is 0. The van der Waals surface area contributed by atoms with Crippen LogP contribution in [0.25, 0.3) is 0 Å². The fraction of sp³-hybridized carbons (Fsp3) is 0.963. The van der Waals surface area contributed by atoms with Crippen molar-refractivity contribution >= 4 is 5.91 Å². The Morgan fingerprint density at radius 2 is 1.60 bits per heavy atom. The molecule has 1 saturated heterocycles. The van der Waals surface area contributed by atoms with Gasteiger partial charge in [0.1, 0.15) is 24.4 Å². The molecule has 5 rings (SSSR count). The molecule has 4 aliphatic carbocycles. The zero-order valence-corrected chi connectivity index (χ0v) is 21.5. The highest BCUT2D eigenvalue weighted by atomic mass is 16.5. The molecule has 5 N–H and O–H groups in total. The second kappa shape index (κ2) is 12.2. The number of likely N-dealkylation sites (tertiary alicyclic amines) is 1. The fourth-order valence-electron chi connectivity index (χ4n) is 7.96. The Kier molecular flexibility index (Phi) is 9.49. The van der Waals surface area contributed by atoms with Gasteiger partial charge < -0.3 is 30.5 Å². The van der Waals surface area contributed by atoms with Gasteiger partial charge in [0, 0.05) is 13.2 Å². The molecule has 202 valence electrons. The third-order valence-corrected chi connectivity index (χ3v) is 9.26. The summed E-state index contributed by atoms with van der Waals surface area (Å²) in [6, 6.07) is -1.76. The molecule has 5 atom stereocenters. The van der Waals surface area contributed by atoms with Crippen LogP contribution in [0, 0.1) is 23.2 Å². The molecule has 4 saturated carbocycles. The molecule has 8 heteroatoms. The van der Waals surface area contributed by atoms with E-state index >= 15 is 0 Å². The molecule has 1 heterocycles. The molecule has 4 bridgehead atoms. The molecular formula is C27H48N2O6. The zero-order chi connectivity index (χ0) is 25.0. The summed E-state index contributed by atoms with van der Waals surface area (Å²) in [5, 5.41) is 43.7. The largest absolute Gasteiger partial charge is 0.395 e. The van der Waals surface area contributed by atoms with Crippen molar-refractivity contribution in [3.8, 4) is 0 Å². The Hall–Kier alpha value is -0.770. The zero-order valence-electron chi connectivity index (χ0n) is 21.5. The van der Waals surface area contributed by atoms with Gasteiger partial charge >= 0.3 is 0 Å². The number of carbonyl (C=O) groups excluding carboxylic acids is 1. The Labute approximate surface area is 210 Å². The maximum atomic E-state index is 12.9. The molecule has 5 aliphatic rings. The van der Waals surface area contributed by atoms with Gasteiger partial charge in [0.05, 0.1) is 19.3 Å². The number of amides is 1. The van der Waals surface area contributed by atoms with Crippen LogP contribution in [0.15, 0.2) is 0 Å². The first-order valence-corrected chi connectivity index (χ1v) is 14.1. The molecule has 0 aromatic rings. The maximum absolute atomic E-state index is 12.9. The maximum Gasteiger partial charge on any atom is 0.240 e. The van der Waals surface area contributed by atoms with Gasteiger partial charge in [-0.05, 0) is 93.9 Å². The molecule has 35 heavy (non-hydrogen) atoms. The highest BCUT2D eigenvalue weighted by Gasteiger charge is 2.51. The number of unbranched alkanes of at least 4 members (excludes halogenated alkanes) is 3. The molecule has 1 amide bonds. The average molecular weight is 497 g/mol. The van der Waals surface area contributed by atoms with Gasteiger partial charge in [0.2, 0.25) is 5.91 Å². The van der Waals surface area contributed by atoms with Crippen LogP contribution in [0.3, 0.4) is 0 Å². The van der Waals surface area contributed by atoms with Gasteiger partial charge in [0.25, 0.3) is 0 Å². The first-order valence-electron chi connectivity index (χ1n) is 14.1.